The van der Waals surface area contributed by atoms with Crippen LogP contribution in [0.25, 0.3) is 11.0 Å². The molecular formula is C31H35N3O5. The predicted molar refractivity (Wildman–Crippen MR) is 148 cm³/mol. The van der Waals surface area contributed by atoms with Gasteiger partial charge in [0.1, 0.15) is 17.1 Å². The lowest BCUT2D eigenvalue weighted by Gasteiger charge is -2.44. The van der Waals surface area contributed by atoms with Gasteiger partial charge in [-0.25, -0.2) is 4.79 Å². The summed E-state index contributed by atoms with van der Waals surface area (Å²) in [6.07, 6.45) is 3.57. The van der Waals surface area contributed by atoms with Gasteiger partial charge >= 0.3 is 6.03 Å². The number of methoxy groups -OCH3 is 2. The van der Waals surface area contributed by atoms with E-state index in [1.54, 1.807) is 14.2 Å². The number of aryl methyl sites for hydroxylation is 1. The van der Waals surface area contributed by atoms with E-state index in [2.05, 4.69) is 13.0 Å². The SMILES string of the molecule is CCN1C(=O)N2Cc3cc(OC)cc(OC)c3C(C)C=C2C12CCN(C(=O)c1oc3ccccc3c1C)CC2. The number of carbonyl (C=O) groups excluding carboxylic acids is 2. The van der Waals surface area contributed by atoms with Crippen molar-refractivity contribution in [3.05, 3.63) is 70.6 Å². The second kappa shape index (κ2) is 9.36. The molecule has 3 aliphatic heterocycles. The zero-order valence-electron chi connectivity index (χ0n) is 23.2. The van der Waals surface area contributed by atoms with Gasteiger partial charge in [-0.2, -0.15) is 0 Å². The first kappa shape index (κ1) is 25.3. The van der Waals surface area contributed by atoms with Crippen molar-refractivity contribution in [1.82, 2.24) is 14.7 Å². The Hall–Kier alpha value is -3.94. The summed E-state index contributed by atoms with van der Waals surface area (Å²) in [6.45, 7) is 8.27. The average molecular weight is 530 g/mol. The van der Waals surface area contributed by atoms with Gasteiger partial charge in [-0.3, -0.25) is 9.69 Å². The van der Waals surface area contributed by atoms with Crippen LogP contribution in [0.5, 0.6) is 11.5 Å². The third-order valence-corrected chi connectivity index (χ3v) is 8.83. The highest BCUT2D eigenvalue weighted by molar-refractivity contribution is 5.99. The Bertz CT molecular complexity index is 1500. The molecule has 2 aromatic carbocycles. The number of allylic oxidation sites excluding steroid dienone is 1. The van der Waals surface area contributed by atoms with Gasteiger partial charge in [0, 0.05) is 53.8 Å². The molecule has 39 heavy (non-hydrogen) atoms. The number of benzene rings is 2. The van der Waals surface area contributed by atoms with Gasteiger partial charge in [0.25, 0.3) is 5.91 Å². The highest BCUT2D eigenvalue weighted by Gasteiger charge is 2.55. The summed E-state index contributed by atoms with van der Waals surface area (Å²) in [6, 6.07) is 11.7. The molecule has 0 aliphatic carbocycles. The zero-order valence-corrected chi connectivity index (χ0v) is 23.2. The summed E-state index contributed by atoms with van der Waals surface area (Å²) in [4.78, 5) is 33.2. The van der Waals surface area contributed by atoms with Gasteiger partial charge in [0.15, 0.2) is 5.76 Å². The lowest BCUT2D eigenvalue weighted by Crippen LogP contribution is -2.54. The number of likely N-dealkylation sites (N-methyl/N-ethyl adjacent to an activating group) is 1. The van der Waals surface area contributed by atoms with E-state index in [-0.39, 0.29) is 17.9 Å². The number of hydrogen-bond acceptors (Lipinski definition) is 5. The molecule has 3 amide bonds. The molecule has 0 radical (unpaired) electrons. The van der Waals surface area contributed by atoms with Crippen molar-refractivity contribution >= 4 is 22.9 Å². The summed E-state index contributed by atoms with van der Waals surface area (Å²) < 4.78 is 17.3. The molecule has 1 aromatic heterocycles. The maximum absolute atomic E-state index is 13.9. The second-order valence-corrected chi connectivity index (χ2v) is 10.7. The van der Waals surface area contributed by atoms with E-state index in [1.165, 1.54) is 0 Å². The fourth-order valence-electron chi connectivity index (χ4n) is 6.87. The first-order valence-corrected chi connectivity index (χ1v) is 13.7. The van der Waals surface area contributed by atoms with Crippen LogP contribution in [-0.4, -0.2) is 66.0 Å². The zero-order chi connectivity index (χ0) is 27.5. The van der Waals surface area contributed by atoms with E-state index in [1.807, 2.05) is 64.9 Å². The first-order chi connectivity index (χ1) is 18.8. The number of fused-ring (bicyclic) bond motifs is 4. The topological polar surface area (TPSA) is 75.5 Å². The lowest BCUT2D eigenvalue weighted by molar-refractivity contribution is 0.0548. The van der Waals surface area contributed by atoms with Gasteiger partial charge in [-0.15, -0.1) is 0 Å². The molecule has 1 unspecified atom stereocenters. The van der Waals surface area contributed by atoms with Crippen molar-refractivity contribution in [2.75, 3.05) is 33.9 Å². The van der Waals surface area contributed by atoms with Crippen molar-refractivity contribution in [2.24, 2.45) is 0 Å². The number of amides is 3. The molecule has 8 heteroatoms. The predicted octanol–water partition coefficient (Wildman–Crippen LogP) is 5.69. The third kappa shape index (κ3) is 3.72. The Kier molecular flexibility index (Phi) is 6.08. The van der Waals surface area contributed by atoms with Crippen molar-refractivity contribution in [3.8, 4) is 11.5 Å². The quantitative estimate of drug-likeness (QED) is 0.434. The second-order valence-electron chi connectivity index (χ2n) is 10.7. The Balaban J connectivity index is 1.32. The highest BCUT2D eigenvalue weighted by Crippen LogP contribution is 2.49. The van der Waals surface area contributed by atoms with Gasteiger partial charge in [-0.1, -0.05) is 31.2 Å². The van der Waals surface area contributed by atoms with Crippen molar-refractivity contribution in [2.45, 2.75) is 51.6 Å². The van der Waals surface area contributed by atoms with E-state index in [0.717, 1.165) is 39.1 Å². The largest absolute Gasteiger partial charge is 0.497 e. The van der Waals surface area contributed by atoms with Crippen LogP contribution in [0.2, 0.25) is 0 Å². The molecular weight excluding hydrogens is 494 g/mol. The number of urea groups is 1. The van der Waals surface area contributed by atoms with Gasteiger partial charge in [-0.05, 0) is 44.4 Å². The number of nitrogens with zero attached hydrogens (tertiary/aromatic N) is 3. The van der Waals surface area contributed by atoms with Crippen LogP contribution < -0.4 is 9.47 Å². The van der Waals surface area contributed by atoms with Crippen molar-refractivity contribution < 1.29 is 23.5 Å². The average Bonchev–Trinajstić information content (AvgIpc) is 3.32. The van der Waals surface area contributed by atoms with Crippen LogP contribution in [0.1, 0.15) is 59.9 Å². The van der Waals surface area contributed by atoms with Crippen molar-refractivity contribution in [1.29, 1.82) is 0 Å². The van der Waals surface area contributed by atoms with Gasteiger partial charge in [0.2, 0.25) is 0 Å². The standard InChI is InChI=1S/C31H35N3O5/c1-6-34-30(36)33-18-21-16-22(37-4)17-25(38-5)27(21)19(2)15-26(33)31(34)11-13-32(14-12-31)29(35)28-20(3)23-9-7-8-10-24(23)39-28/h7-10,15-17,19H,6,11-14,18H2,1-5H3. The Morgan fingerprint density at radius 2 is 1.87 bits per heavy atom. The molecule has 2 saturated heterocycles. The number of ether oxygens (including phenoxy) is 2. The van der Waals surface area contributed by atoms with E-state index in [9.17, 15) is 9.59 Å². The minimum atomic E-state index is -0.459. The van der Waals surface area contributed by atoms with Crippen molar-refractivity contribution in [3.63, 3.8) is 0 Å². The molecule has 1 atom stereocenters. The number of furan rings is 1. The lowest BCUT2D eigenvalue weighted by atomic mass is 9.82. The van der Waals surface area contributed by atoms with Crippen LogP contribution in [0.15, 0.2) is 52.6 Å². The summed E-state index contributed by atoms with van der Waals surface area (Å²) in [5.41, 5.74) is 4.28. The first-order valence-electron chi connectivity index (χ1n) is 13.7. The normalized spacial score (nSPS) is 20.1. The van der Waals surface area contributed by atoms with Crippen LogP contribution >= 0.6 is 0 Å². The number of rotatable bonds is 4. The smallest absolute Gasteiger partial charge is 0.325 e. The number of piperidine rings is 1. The molecule has 0 saturated carbocycles. The molecule has 4 heterocycles. The van der Waals surface area contributed by atoms with Gasteiger partial charge in [0.05, 0.1) is 26.3 Å². The molecule has 3 aromatic rings. The molecule has 3 aliphatic rings. The van der Waals surface area contributed by atoms with Crippen LogP contribution in [-0.2, 0) is 6.54 Å². The molecule has 6 rings (SSSR count). The highest BCUT2D eigenvalue weighted by atomic mass is 16.5. The summed E-state index contributed by atoms with van der Waals surface area (Å²) >= 11 is 0. The van der Waals surface area contributed by atoms with E-state index in [4.69, 9.17) is 13.9 Å². The Morgan fingerprint density at radius 3 is 2.54 bits per heavy atom. The van der Waals surface area contributed by atoms with Crippen LogP contribution in [0, 0.1) is 6.92 Å². The number of carbonyl (C=O) groups is 2. The molecule has 1 spiro atoms. The Labute approximate surface area is 228 Å². The monoisotopic (exact) mass is 529 g/mol. The molecule has 0 N–H and O–H groups in total. The summed E-state index contributed by atoms with van der Waals surface area (Å²) in [7, 11) is 3.31. The van der Waals surface area contributed by atoms with E-state index >= 15 is 0 Å². The van der Waals surface area contributed by atoms with E-state index < -0.39 is 5.54 Å². The minimum Gasteiger partial charge on any atom is -0.497 e. The molecule has 204 valence electrons. The fourth-order valence-corrected chi connectivity index (χ4v) is 6.87. The van der Waals surface area contributed by atoms with Crippen LogP contribution in [0.3, 0.4) is 0 Å². The summed E-state index contributed by atoms with van der Waals surface area (Å²) in [5, 5.41) is 0.966. The minimum absolute atomic E-state index is 0.0125. The number of likely N-dealkylation sites (tertiary alicyclic amines) is 1. The number of para-hydroxylation sites is 1. The number of hydrogen-bond donors (Lipinski definition) is 0. The Morgan fingerprint density at radius 1 is 1.13 bits per heavy atom. The molecule has 2 fully saturated rings. The van der Waals surface area contributed by atoms with Gasteiger partial charge < -0.3 is 23.7 Å². The van der Waals surface area contributed by atoms with E-state index in [0.29, 0.717) is 50.5 Å². The maximum atomic E-state index is 13.9. The van der Waals surface area contributed by atoms with Crippen LogP contribution in [0.4, 0.5) is 4.79 Å². The molecule has 8 nitrogen and oxygen atoms in total. The third-order valence-electron chi connectivity index (χ3n) is 8.83. The molecule has 0 bridgehead atoms. The maximum Gasteiger partial charge on any atom is 0.325 e. The fraction of sp³-hybridized carbons (Fsp3) is 0.419. The summed E-state index contributed by atoms with van der Waals surface area (Å²) in [5.74, 6) is 1.84.